The molecule has 0 aliphatic carbocycles. The zero-order valence-electron chi connectivity index (χ0n) is 14.7. The van der Waals surface area contributed by atoms with Gasteiger partial charge in [0.15, 0.2) is 0 Å². The number of para-hydroxylation sites is 1. The number of amides is 1. The number of hydrogen-bond acceptors (Lipinski definition) is 2. The molecule has 3 aromatic rings. The van der Waals surface area contributed by atoms with Gasteiger partial charge in [0, 0.05) is 29.7 Å². The van der Waals surface area contributed by atoms with Crippen LogP contribution in [0.25, 0.3) is 0 Å². The van der Waals surface area contributed by atoms with Gasteiger partial charge in [-0.3, -0.25) is 4.79 Å². The van der Waals surface area contributed by atoms with E-state index in [1.54, 1.807) is 4.90 Å². The molecule has 1 aliphatic heterocycles. The molecule has 0 saturated carbocycles. The van der Waals surface area contributed by atoms with E-state index < -0.39 is 0 Å². The summed E-state index contributed by atoms with van der Waals surface area (Å²) in [7, 11) is 0. The third kappa shape index (κ3) is 3.87. The van der Waals surface area contributed by atoms with E-state index in [-0.39, 0.29) is 5.91 Å². The molecule has 1 unspecified atom stereocenters. The van der Waals surface area contributed by atoms with E-state index in [0.29, 0.717) is 11.6 Å². The number of carbonyl (C=O) groups excluding carboxylic acids is 1. The summed E-state index contributed by atoms with van der Waals surface area (Å²) in [6, 6.07) is 22.7. The average molecular weight is 364 g/mol. The van der Waals surface area contributed by atoms with Gasteiger partial charge in [-0.1, -0.05) is 36.4 Å². The van der Waals surface area contributed by atoms with Crippen molar-refractivity contribution in [1.29, 1.82) is 0 Å². The Balaban J connectivity index is 1.40. The lowest BCUT2D eigenvalue weighted by Gasteiger charge is -2.20. The summed E-state index contributed by atoms with van der Waals surface area (Å²) in [6.07, 6.45) is 2.56. The average Bonchev–Trinajstić information content (AvgIpc) is 3.34. The topological polar surface area (TPSA) is 33.5 Å². The molecule has 2 N–H and O–H groups in total. The molecule has 0 bridgehead atoms. The van der Waals surface area contributed by atoms with E-state index in [4.69, 9.17) is 0 Å². The molecule has 1 saturated heterocycles. The highest BCUT2D eigenvalue weighted by Crippen LogP contribution is 2.23. The normalized spacial score (nSPS) is 19.4. The molecule has 1 aromatic heterocycles. The van der Waals surface area contributed by atoms with Crippen LogP contribution < -0.4 is 10.2 Å². The van der Waals surface area contributed by atoms with E-state index in [2.05, 4.69) is 35.0 Å². The lowest BCUT2D eigenvalue weighted by molar-refractivity contribution is -0.931. The SMILES string of the molecule is O=C(Nc1ccccc1)c1ccc(C[NH+]2CCC[C@@H]2c2cccs2)cc1. The predicted molar refractivity (Wildman–Crippen MR) is 107 cm³/mol. The fourth-order valence-electron chi connectivity index (χ4n) is 3.72. The lowest BCUT2D eigenvalue weighted by Crippen LogP contribution is -3.08. The Morgan fingerprint density at radius 1 is 1.04 bits per heavy atom. The molecule has 4 rings (SSSR count). The van der Waals surface area contributed by atoms with Crippen molar-refractivity contribution in [3.8, 4) is 0 Å². The van der Waals surface area contributed by atoms with Crippen molar-refractivity contribution in [3.63, 3.8) is 0 Å². The van der Waals surface area contributed by atoms with Crippen LogP contribution in [0, 0.1) is 0 Å². The van der Waals surface area contributed by atoms with Crippen LogP contribution >= 0.6 is 11.3 Å². The molecule has 0 spiro atoms. The molecule has 1 aliphatic rings. The molecule has 2 aromatic carbocycles. The van der Waals surface area contributed by atoms with Crippen LogP contribution in [0.15, 0.2) is 72.1 Å². The van der Waals surface area contributed by atoms with Crippen molar-refractivity contribution in [2.24, 2.45) is 0 Å². The molecule has 1 fully saturated rings. The highest BCUT2D eigenvalue weighted by Gasteiger charge is 2.30. The summed E-state index contributed by atoms with van der Waals surface area (Å²) in [5.74, 6) is -0.0623. The smallest absolute Gasteiger partial charge is 0.255 e. The first-order chi connectivity index (χ1) is 12.8. The maximum absolute atomic E-state index is 12.4. The van der Waals surface area contributed by atoms with Crippen LogP contribution in [0.4, 0.5) is 5.69 Å². The second kappa shape index (κ2) is 7.85. The van der Waals surface area contributed by atoms with Crippen molar-refractivity contribution >= 4 is 22.9 Å². The first-order valence-electron chi connectivity index (χ1n) is 9.13. The number of carbonyl (C=O) groups is 1. The summed E-state index contributed by atoms with van der Waals surface area (Å²) in [5.41, 5.74) is 2.81. The van der Waals surface area contributed by atoms with E-state index >= 15 is 0 Å². The summed E-state index contributed by atoms with van der Waals surface area (Å²) in [4.78, 5) is 15.5. The highest BCUT2D eigenvalue weighted by molar-refractivity contribution is 7.10. The highest BCUT2D eigenvalue weighted by atomic mass is 32.1. The van der Waals surface area contributed by atoms with Gasteiger partial charge in [0.2, 0.25) is 0 Å². The molecule has 26 heavy (non-hydrogen) atoms. The molecule has 132 valence electrons. The monoisotopic (exact) mass is 363 g/mol. The lowest BCUT2D eigenvalue weighted by atomic mass is 10.1. The Hall–Kier alpha value is -2.43. The van der Waals surface area contributed by atoms with Crippen LogP contribution in [0.2, 0.25) is 0 Å². The van der Waals surface area contributed by atoms with Crippen LogP contribution in [-0.2, 0) is 6.54 Å². The maximum atomic E-state index is 12.4. The van der Waals surface area contributed by atoms with E-state index in [0.717, 1.165) is 12.2 Å². The maximum Gasteiger partial charge on any atom is 0.255 e. The van der Waals surface area contributed by atoms with Crippen LogP contribution in [0.1, 0.15) is 39.7 Å². The second-order valence-electron chi connectivity index (χ2n) is 6.81. The Bertz CT molecular complexity index is 844. The minimum Gasteiger partial charge on any atom is -0.324 e. The second-order valence-corrected chi connectivity index (χ2v) is 7.79. The van der Waals surface area contributed by atoms with Gasteiger partial charge >= 0.3 is 0 Å². The number of quaternary nitrogens is 1. The Labute approximate surface area is 158 Å². The summed E-state index contributed by atoms with van der Waals surface area (Å²) in [6.45, 7) is 2.24. The van der Waals surface area contributed by atoms with Gasteiger partial charge < -0.3 is 10.2 Å². The Morgan fingerprint density at radius 2 is 1.85 bits per heavy atom. The van der Waals surface area contributed by atoms with Gasteiger partial charge in [-0.2, -0.15) is 0 Å². The Morgan fingerprint density at radius 3 is 2.58 bits per heavy atom. The minimum absolute atomic E-state index is 0.0623. The molecular weight excluding hydrogens is 340 g/mol. The van der Waals surface area contributed by atoms with Crippen LogP contribution in [-0.4, -0.2) is 12.5 Å². The summed E-state index contributed by atoms with van der Waals surface area (Å²) >= 11 is 1.87. The van der Waals surface area contributed by atoms with Gasteiger partial charge in [-0.25, -0.2) is 0 Å². The third-order valence-corrected chi connectivity index (χ3v) is 6.04. The number of benzene rings is 2. The van der Waals surface area contributed by atoms with Gasteiger partial charge in [-0.15, -0.1) is 11.3 Å². The molecule has 2 atom stereocenters. The van der Waals surface area contributed by atoms with Crippen LogP contribution in [0.5, 0.6) is 0 Å². The zero-order valence-corrected chi connectivity index (χ0v) is 15.5. The Kier molecular flexibility index (Phi) is 5.14. The zero-order chi connectivity index (χ0) is 17.8. The van der Waals surface area contributed by atoms with E-state index in [1.165, 1.54) is 29.8 Å². The van der Waals surface area contributed by atoms with E-state index in [1.807, 2.05) is 53.8 Å². The fourth-order valence-corrected chi connectivity index (χ4v) is 4.64. The number of likely N-dealkylation sites (tertiary alicyclic amines) is 1. The number of hydrogen-bond donors (Lipinski definition) is 2. The molecule has 1 amide bonds. The van der Waals surface area contributed by atoms with Gasteiger partial charge in [0.25, 0.3) is 5.91 Å². The molecule has 0 radical (unpaired) electrons. The van der Waals surface area contributed by atoms with E-state index in [9.17, 15) is 4.79 Å². The molecule has 4 heteroatoms. The first kappa shape index (κ1) is 17.0. The largest absolute Gasteiger partial charge is 0.324 e. The number of thiophene rings is 1. The number of nitrogens with one attached hydrogen (secondary N) is 2. The predicted octanol–water partition coefficient (Wildman–Crippen LogP) is 3.92. The fraction of sp³-hybridized carbons (Fsp3) is 0.227. The third-order valence-electron chi connectivity index (χ3n) is 5.05. The van der Waals surface area contributed by atoms with Crippen molar-refractivity contribution < 1.29 is 9.69 Å². The molecule has 3 nitrogen and oxygen atoms in total. The van der Waals surface area contributed by atoms with Crippen molar-refractivity contribution in [2.75, 3.05) is 11.9 Å². The van der Waals surface area contributed by atoms with Gasteiger partial charge in [0.1, 0.15) is 12.6 Å². The molecular formula is C22H23N2OS+. The molecule has 2 heterocycles. The number of anilines is 1. The number of rotatable bonds is 5. The van der Waals surface area contributed by atoms with Gasteiger partial charge in [0.05, 0.1) is 11.4 Å². The van der Waals surface area contributed by atoms with Gasteiger partial charge in [-0.05, 0) is 35.7 Å². The van der Waals surface area contributed by atoms with Crippen molar-refractivity contribution in [2.45, 2.75) is 25.4 Å². The van der Waals surface area contributed by atoms with Crippen molar-refractivity contribution in [3.05, 3.63) is 88.1 Å². The van der Waals surface area contributed by atoms with Crippen molar-refractivity contribution in [1.82, 2.24) is 0 Å². The van der Waals surface area contributed by atoms with Crippen LogP contribution in [0.3, 0.4) is 0 Å². The summed E-state index contributed by atoms with van der Waals surface area (Å²) in [5, 5.41) is 5.11. The first-order valence-corrected chi connectivity index (χ1v) is 10.0. The minimum atomic E-state index is -0.0623. The standard InChI is InChI=1S/C22H22N2OS/c25-22(23-19-6-2-1-3-7-19)18-12-10-17(11-13-18)16-24-14-4-8-20(24)21-9-5-15-26-21/h1-3,5-7,9-13,15,20H,4,8,14,16H2,(H,23,25)/p+1/t20-/m1/s1. The quantitative estimate of drug-likeness (QED) is 0.708. The summed E-state index contributed by atoms with van der Waals surface area (Å²) < 4.78 is 0.